The first-order valence-corrected chi connectivity index (χ1v) is 8.42. The van der Waals surface area contributed by atoms with E-state index in [4.69, 9.17) is 0 Å². The minimum Gasteiger partial charge on any atom is -0.383 e. The molecule has 2 N–H and O–H groups in total. The summed E-state index contributed by atoms with van der Waals surface area (Å²) >= 11 is 0. The van der Waals surface area contributed by atoms with Crippen molar-refractivity contribution in [2.45, 2.75) is 13.3 Å². The Balaban J connectivity index is 1.52. The number of hydrogen-bond donors (Lipinski definition) is 2. The number of pyridine rings is 1. The van der Waals surface area contributed by atoms with Crippen LogP contribution in [0, 0.1) is 12.7 Å². The third kappa shape index (κ3) is 4.89. The molecule has 3 aromatic rings. The second-order valence-corrected chi connectivity index (χ2v) is 6.06. The van der Waals surface area contributed by atoms with Crippen LogP contribution in [0.25, 0.3) is 0 Å². The number of benzene rings is 2. The summed E-state index contributed by atoms with van der Waals surface area (Å²) in [7, 11) is 0. The monoisotopic (exact) mass is 349 g/mol. The third-order valence-corrected chi connectivity index (χ3v) is 3.93. The van der Waals surface area contributed by atoms with Gasteiger partial charge in [0.05, 0.1) is 11.9 Å². The number of amides is 1. The highest BCUT2D eigenvalue weighted by atomic mass is 19.1. The van der Waals surface area contributed by atoms with Crippen molar-refractivity contribution in [3.05, 3.63) is 89.5 Å². The Hall–Kier alpha value is -3.21. The van der Waals surface area contributed by atoms with Gasteiger partial charge in [-0.05, 0) is 60.9 Å². The zero-order chi connectivity index (χ0) is 18.4. The van der Waals surface area contributed by atoms with E-state index in [1.807, 2.05) is 37.3 Å². The molecule has 0 saturated heterocycles. The highest BCUT2D eigenvalue weighted by Gasteiger charge is 2.07. The van der Waals surface area contributed by atoms with Crippen LogP contribution in [-0.2, 0) is 6.42 Å². The predicted octanol–water partition coefficient (Wildman–Crippen LogP) is 4.44. The van der Waals surface area contributed by atoms with Crippen LogP contribution in [0.2, 0.25) is 0 Å². The molecule has 0 aliphatic carbocycles. The number of aryl methyl sites for hydroxylation is 1. The van der Waals surface area contributed by atoms with Crippen LogP contribution in [0.15, 0.2) is 66.9 Å². The quantitative estimate of drug-likeness (QED) is 0.692. The summed E-state index contributed by atoms with van der Waals surface area (Å²) in [5.41, 5.74) is 4.07. The van der Waals surface area contributed by atoms with Gasteiger partial charge in [-0.25, -0.2) is 9.37 Å². The van der Waals surface area contributed by atoms with Gasteiger partial charge in [-0.3, -0.25) is 4.79 Å². The van der Waals surface area contributed by atoms with Gasteiger partial charge in [-0.2, -0.15) is 0 Å². The minimum atomic E-state index is -0.242. The Morgan fingerprint density at radius 1 is 1.04 bits per heavy atom. The molecule has 4 nitrogen and oxygen atoms in total. The third-order valence-electron chi connectivity index (χ3n) is 3.93. The number of nitrogens with one attached hydrogen (secondary N) is 2. The maximum absolute atomic E-state index is 12.9. The summed E-state index contributed by atoms with van der Waals surface area (Å²) < 4.78 is 12.9. The van der Waals surface area contributed by atoms with Crippen LogP contribution in [0.3, 0.4) is 0 Å². The van der Waals surface area contributed by atoms with E-state index in [-0.39, 0.29) is 11.7 Å². The van der Waals surface area contributed by atoms with Gasteiger partial charge in [0.2, 0.25) is 0 Å². The summed E-state index contributed by atoms with van der Waals surface area (Å²) in [6, 6.07) is 17.6. The Morgan fingerprint density at radius 3 is 2.54 bits per heavy atom. The van der Waals surface area contributed by atoms with E-state index in [2.05, 4.69) is 15.6 Å². The number of nitrogens with zero attached hydrogens (tertiary/aromatic N) is 1. The molecule has 0 spiro atoms. The molecule has 26 heavy (non-hydrogen) atoms. The average molecular weight is 349 g/mol. The standard InChI is InChI=1S/C21H20FN3O/c1-15-3-2-4-18(13-15)25-21(26)20-10-9-19(14-24-20)23-12-11-16-5-7-17(22)8-6-16/h2-10,13-14,23H,11-12H2,1H3,(H,25,26). The minimum absolute atomic E-state index is 0.231. The van der Waals surface area contributed by atoms with Crippen molar-refractivity contribution >= 4 is 17.3 Å². The number of aromatic nitrogens is 1. The maximum atomic E-state index is 12.9. The summed E-state index contributed by atoms with van der Waals surface area (Å²) in [6.07, 6.45) is 2.41. The molecule has 1 heterocycles. The Bertz CT molecular complexity index is 877. The first-order valence-electron chi connectivity index (χ1n) is 8.42. The molecule has 5 heteroatoms. The first-order chi connectivity index (χ1) is 12.6. The molecule has 132 valence electrons. The van der Waals surface area contributed by atoms with E-state index in [1.54, 1.807) is 24.4 Å². The van der Waals surface area contributed by atoms with Gasteiger partial charge in [-0.15, -0.1) is 0 Å². The topological polar surface area (TPSA) is 54.0 Å². The molecular weight excluding hydrogens is 329 g/mol. The summed E-state index contributed by atoms with van der Waals surface area (Å²) in [6.45, 7) is 2.67. The smallest absolute Gasteiger partial charge is 0.274 e. The zero-order valence-electron chi connectivity index (χ0n) is 14.5. The first kappa shape index (κ1) is 17.6. The van der Waals surface area contributed by atoms with Gasteiger partial charge in [-0.1, -0.05) is 24.3 Å². The van der Waals surface area contributed by atoms with Gasteiger partial charge < -0.3 is 10.6 Å². The Kier molecular flexibility index (Phi) is 5.59. The van der Waals surface area contributed by atoms with Crippen molar-refractivity contribution in [2.24, 2.45) is 0 Å². The molecule has 0 bridgehead atoms. The number of carbonyl (C=O) groups excluding carboxylic acids is 1. The molecule has 1 amide bonds. The van der Waals surface area contributed by atoms with Crippen molar-refractivity contribution in [1.82, 2.24) is 4.98 Å². The van der Waals surface area contributed by atoms with Gasteiger partial charge in [0.15, 0.2) is 0 Å². The molecule has 0 fully saturated rings. The lowest BCUT2D eigenvalue weighted by molar-refractivity contribution is 0.102. The van der Waals surface area contributed by atoms with Gasteiger partial charge in [0, 0.05) is 12.2 Å². The number of rotatable bonds is 6. The van der Waals surface area contributed by atoms with Crippen molar-refractivity contribution in [2.75, 3.05) is 17.2 Å². The molecule has 0 aliphatic rings. The number of anilines is 2. The van der Waals surface area contributed by atoms with Crippen LogP contribution in [0.5, 0.6) is 0 Å². The molecule has 0 unspecified atom stereocenters. The van der Waals surface area contributed by atoms with E-state index >= 15 is 0 Å². The maximum Gasteiger partial charge on any atom is 0.274 e. The van der Waals surface area contributed by atoms with Crippen LogP contribution in [0.4, 0.5) is 15.8 Å². The van der Waals surface area contributed by atoms with Crippen LogP contribution in [0.1, 0.15) is 21.6 Å². The van der Waals surface area contributed by atoms with Gasteiger partial charge in [0.1, 0.15) is 11.5 Å². The molecule has 2 aromatic carbocycles. The number of halogens is 1. The van der Waals surface area contributed by atoms with Crippen molar-refractivity contribution < 1.29 is 9.18 Å². The summed E-state index contributed by atoms with van der Waals surface area (Å²) in [5.74, 6) is -0.473. The lowest BCUT2D eigenvalue weighted by Crippen LogP contribution is -2.14. The highest BCUT2D eigenvalue weighted by Crippen LogP contribution is 2.12. The summed E-state index contributed by atoms with van der Waals surface area (Å²) in [4.78, 5) is 16.4. The SMILES string of the molecule is Cc1cccc(NC(=O)c2ccc(NCCc3ccc(F)cc3)cn2)c1. The fourth-order valence-corrected chi connectivity index (χ4v) is 2.55. The van der Waals surface area contributed by atoms with Gasteiger partial charge >= 0.3 is 0 Å². The Labute approximate surface area is 152 Å². The average Bonchev–Trinajstić information content (AvgIpc) is 2.64. The largest absolute Gasteiger partial charge is 0.383 e. The molecular formula is C21H20FN3O. The van der Waals surface area contributed by atoms with Crippen molar-refractivity contribution in [3.8, 4) is 0 Å². The van der Waals surface area contributed by atoms with Crippen LogP contribution in [-0.4, -0.2) is 17.4 Å². The number of hydrogen-bond acceptors (Lipinski definition) is 3. The molecule has 3 rings (SSSR count). The van der Waals surface area contributed by atoms with E-state index in [0.29, 0.717) is 12.2 Å². The van der Waals surface area contributed by atoms with E-state index < -0.39 is 0 Å². The van der Waals surface area contributed by atoms with E-state index in [9.17, 15) is 9.18 Å². The lowest BCUT2D eigenvalue weighted by atomic mass is 10.1. The normalized spacial score (nSPS) is 10.4. The fraction of sp³-hybridized carbons (Fsp3) is 0.143. The predicted molar refractivity (Wildman–Crippen MR) is 102 cm³/mol. The highest BCUT2D eigenvalue weighted by molar-refractivity contribution is 6.02. The van der Waals surface area contributed by atoms with Crippen molar-refractivity contribution in [1.29, 1.82) is 0 Å². The molecule has 0 atom stereocenters. The van der Waals surface area contributed by atoms with Crippen LogP contribution >= 0.6 is 0 Å². The molecule has 0 radical (unpaired) electrons. The van der Waals surface area contributed by atoms with Gasteiger partial charge in [0.25, 0.3) is 5.91 Å². The lowest BCUT2D eigenvalue weighted by Gasteiger charge is -2.08. The second kappa shape index (κ2) is 8.25. The second-order valence-electron chi connectivity index (χ2n) is 6.06. The molecule has 0 saturated carbocycles. The Morgan fingerprint density at radius 2 is 1.85 bits per heavy atom. The zero-order valence-corrected chi connectivity index (χ0v) is 14.5. The molecule has 0 aliphatic heterocycles. The van der Waals surface area contributed by atoms with E-state index in [0.717, 1.165) is 28.9 Å². The number of carbonyl (C=O) groups is 1. The van der Waals surface area contributed by atoms with Crippen LogP contribution < -0.4 is 10.6 Å². The summed E-state index contributed by atoms with van der Waals surface area (Å²) in [5, 5.41) is 6.08. The van der Waals surface area contributed by atoms with Crippen molar-refractivity contribution in [3.63, 3.8) is 0 Å². The fourth-order valence-electron chi connectivity index (χ4n) is 2.55. The molecule has 1 aromatic heterocycles. The van der Waals surface area contributed by atoms with E-state index in [1.165, 1.54) is 12.1 Å².